The molecular formula is C15H19N3O6S. The summed E-state index contributed by atoms with van der Waals surface area (Å²) in [6, 6.07) is 4.62. The highest BCUT2D eigenvalue weighted by Crippen LogP contribution is 2.41. The lowest BCUT2D eigenvalue weighted by atomic mass is 9.76. The lowest BCUT2D eigenvalue weighted by Crippen LogP contribution is -2.39. The van der Waals surface area contributed by atoms with Crippen molar-refractivity contribution in [3.05, 3.63) is 34.4 Å². The number of nitro benzene ring substituents is 1. The molecule has 2 aliphatic heterocycles. The Balaban J connectivity index is 1.63. The van der Waals surface area contributed by atoms with Crippen LogP contribution in [0, 0.1) is 15.5 Å². The van der Waals surface area contributed by atoms with Gasteiger partial charge in [-0.25, -0.2) is 13.1 Å². The Bertz CT molecular complexity index is 771. The fourth-order valence-corrected chi connectivity index (χ4v) is 4.36. The minimum absolute atomic E-state index is 0.0137. The quantitative estimate of drug-likeness (QED) is 0.441. The summed E-state index contributed by atoms with van der Waals surface area (Å²) >= 11 is 0. The molecular weight excluding hydrogens is 350 g/mol. The van der Waals surface area contributed by atoms with E-state index in [1.807, 2.05) is 0 Å². The topological polar surface area (TPSA) is 128 Å². The fourth-order valence-electron chi connectivity index (χ4n) is 3.30. The van der Waals surface area contributed by atoms with Crippen LogP contribution in [-0.2, 0) is 19.6 Å². The summed E-state index contributed by atoms with van der Waals surface area (Å²) < 4.78 is 32.3. The van der Waals surface area contributed by atoms with Gasteiger partial charge < -0.3 is 10.1 Å². The molecule has 2 heterocycles. The van der Waals surface area contributed by atoms with Crippen LogP contribution in [0.15, 0.2) is 29.2 Å². The summed E-state index contributed by atoms with van der Waals surface area (Å²) in [6.07, 6.45) is 1.38. The van der Waals surface area contributed by atoms with Crippen LogP contribution in [0.4, 0.5) is 5.69 Å². The third-order valence-electron chi connectivity index (χ3n) is 4.74. The van der Waals surface area contributed by atoms with E-state index in [9.17, 15) is 23.3 Å². The van der Waals surface area contributed by atoms with E-state index in [0.717, 1.165) is 25.2 Å². The molecule has 25 heavy (non-hydrogen) atoms. The molecule has 1 aromatic rings. The summed E-state index contributed by atoms with van der Waals surface area (Å²) in [5.74, 6) is -0.256. The van der Waals surface area contributed by atoms with E-state index in [1.54, 1.807) is 0 Å². The van der Waals surface area contributed by atoms with Gasteiger partial charge in [-0.3, -0.25) is 14.9 Å². The molecule has 1 unspecified atom stereocenters. The first-order valence-corrected chi connectivity index (χ1v) is 9.47. The zero-order valence-electron chi connectivity index (χ0n) is 13.4. The lowest BCUT2D eigenvalue weighted by Gasteiger charge is -2.29. The van der Waals surface area contributed by atoms with Gasteiger partial charge >= 0.3 is 5.97 Å². The molecule has 0 radical (unpaired) electrons. The second-order valence-corrected chi connectivity index (χ2v) is 8.13. The van der Waals surface area contributed by atoms with E-state index >= 15 is 0 Å². The smallest absolute Gasteiger partial charge is 0.312 e. The highest BCUT2D eigenvalue weighted by atomic mass is 32.2. The van der Waals surface area contributed by atoms with E-state index < -0.39 is 26.5 Å². The predicted octanol–water partition coefficient (Wildman–Crippen LogP) is 0.558. The number of cyclic esters (lactones) is 1. The average molecular weight is 369 g/mol. The largest absolute Gasteiger partial charge is 0.461 e. The molecule has 2 N–H and O–H groups in total. The van der Waals surface area contributed by atoms with Gasteiger partial charge in [-0.1, -0.05) is 0 Å². The highest BCUT2D eigenvalue weighted by Gasteiger charge is 2.49. The van der Waals surface area contributed by atoms with E-state index in [4.69, 9.17) is 4.74 Å². The Kier molecular flexibility index (Phi) is 4.76. The Hall–Kier alpha value is -2.04. The summed E-state index contributed by atoms with van der Waals surface area (Å²) in [5, 5.41) is 13.8. The number of non-ortho nitro benzene ring substituents is 1. The Labute approximate surface area is 144 Å². The van der Waals surface area contributed by atoms with Gasteiger partial charge in [0.25, 0.3) is 5.69 Å². The van der Waals surface area contributed by atoms with Crippen molar-refractivity contribution >= 4 is 21.7 Å². The van der Waals surface area contributed by atoms with Crippen LogP contribution in [0.5, 0.6) is 0 Å². The van der Waals surface area contributed by atoms with Gasteiger partial charge in [0.1, 0.15) is 6.10 Å². The summed E-state index contributed by atoms with van der Waals surface area (Å²) in [4.78, 5) is 22.1. The maximum absolute atomic E-state index is 12.3. The Morgan fingerprint density at radius 2 is 1.92 bits per heavy atom. The first-order valence-electron chi connectivity index (χ1n) is 7.98. The molecule has 0 aromatic heterocycles. The van der Waals surface area contributed by atoms with E-state index in [-0.39, 0.29) is 23.1 Å². The molecule has 9 nitrogen and oxygen atoms in total. The normalized spacial score (nSPS) is 22.7. The van der Waals surface area contributed by atoms with Crippen molar-refractivity contribution in [3.63, 3.8) is 0 Å². The zero-order valence-corrected chi connectivity index (χ0v) is 14.3. The maximum Gasteiger partial charge on any atom is 0.312 e. The van der Waals surface area contributed by atoms with Crippen molar-refractivity contribution in [2.24, 2.45) is 5.41 Å². The molecule has 0 amide bonds. The van der Waals surface area contributed by atoms with Crippen LogP contribution in [0.1, 0.15) is 19.3 Å². The third-order valence-corrected chi connectivity index (χ3v) is 6.18. The maximum atomic E-state index is 12.3. The Morgan fingerprint density at radius 3 is 2.52 bits per heavy atom. The van der Waals surface area contributed by atoms with E-state index in [1.165, 1.54) is 12.1 Å². The molecule has 3 rings (SSSR count). The number of carbonyl (C=O) groups is 1. The predicted molar refractivity (Wildman–Crippen MR) is 87.3 cm³/mol. The fraction of sp³-hybridized carbons (Fsp3) is 0.533. The second kappa shape index (κ2) is 6.70. The molecule has 0 aliphatic carbocycles. The number of nitrogens with one attached hydrogen (secondary N) is 2. The van der Waals surface area contributed by atoms with Crippen molar-refractivity contribution in [2.75, 3.05) is 19.6 Å². The van der Waals surface area contributed by atoms with Crippen LogP contribution in [0.25, 0.3) is 0 Å². The van der Waals surface area contributed by atoms with Gasteiger partial charge in [-0.2, -0.15) is 0 Å². The van der Waals surface area contributed by atoms with Gasteiger partial charge in [-0.15, -0.1) is 0 Å². The second-order valence-electron chi connectivity index (χ2n) is 6.36. The van der Waals surface area contributed by atoms with Gasteiger partial charge in [0, 0.05) is 25.1 Å². The van der Waals surface area contributed by atoms with E-state index in [2.05, 4.69) is 10.0 Å². The van der Waals surface area contributed by atoms with Crippen molar-refractivity contribution in [1.29, 1.82) is 0 Å². The first-order chi connectivity index (χ1) is 11.8. The van der Waals surface area contributed by atoms with Crippen molar-refractivity contribution in [2.45, 2.75) is 30.3 Å². The number of carbonyl (C=O) groups excluding carboxylic acids is 1. The van der Waals surface area contributed by atoms with Gasteiger partial charge in [-0.05, 0) is 38.1 Å². The number of benzene rings is 1. The molecule has 2 fully saturated rings. The van der Waals surface area contributed by atoms with Crippen LogP contribution < -0.4 is 10.0 Å². The molecule has 0 saturated carbocycles. The average Bonchev–Trinajstić information content (AvgIpc) is 2.89. The summed E-state index contributed by atoms with van der Waals surface area (Å²) in [6.45, 7) is 1.48. The standard InChI is InChI=1S/C15H19N3O6S/c19-14-15(5-7-16-8-6-15)9-12(24-14)10-17-25(22,23)13-3-1-11(2-4-13)18(20)21/h1-4,12,16-17H,5-10H2. The number of nitrogens with zero attached hydrogens (tertiary/aromatic N) is 1. The van der Waals surface area contributed by atoms with Crippen LogP contribution in [0.3, 0.4) is 0 Å². The minimum atomic E-state index is -3.83. The van der Waals surface area contributed by atoms with Gasteiger partial charge in [0.15, 0.2) is 0 Å². The van der Waals surface area contributed by atoms with Crippen molar-refractivity contribution in [3.8, 4) is 0 Å². The number of esters is 1. The molecule has 0 bridgehead atoms. The lowest BCUT2D eigenvalue weighted by molar-refractivity contribution is -0.384. The van der Waals surface area contributed by atoms with Crippen molar-refractivity contribution < 1.29 is 22.9 Å². The molecule has 2 aliphatic rings. The Morgan fingerprint density at radius 1 is 1.28 bits per heavy atom. The number of piperidine rings is 1. The monoisotopic (exact) mass is 369 g/mol. The first kappa shape index (κ1) is 17.8. The third kappa shape index (κ3) is 3.65. The van der Waals surface area contributed by atoms with Crippen LogP contribution >= 0.6 is 0 Å². The summed E-state index contributed by atoms with van der Waals surface area (Å²) in [7, 11) is -3.83. The minimum Gasteiger partial charge on any atom is -0.461 e. The van der Waals surface area contributed by atoms with Gasteiger partial charge in [0.2, 0.25) is 10.0 Å². The summed E-state index contributed by atoms with van der Waals surface area (Å²) in [5.41, 5.74) is -0.689. The number of hydrogen-bond donors (Lipinski definition) is 2. The van der Waals surface area contributed by atoms with Crippen LogP contribution in [-0.4, -0.2) is 45.0 Å². The molecule has 1 atom stereocenters. The molecule has 2 saturated heterocycles. The van der Waals surface area contributed by atoms with E-state index in [0.29, 0.717) is 19.3 Å². The molecule has 1 aromatic carbocycles. The SMILES string of the molecule is O=C1OC(CNS(=O)(=O)c2ccc([N+](=O)[O-])cc2)CC12CCNCC2. The number of sulfonamides is 1. The van der Waals surface area contributed by atoms with Crippen LogP contribution in [0.2, 0.25) is 0 Å². The van der Waals surface area contributed by atoms with Gasteiger partial charge in [0.05, 0.1) is 15.2 Å². The zero-order chi connectivity index (χ0) is 18.1. The highest BCUT2D eigenvalue weighted by molar-refractivity contribution is 7.89. The molecule has 136 valence electrons. The van der Waals surface area contributed by atoms with Crippen molar-refractivity contribution in [1.82, 2.24) is 10.0 Å². The number of rotatable bonds is 5. The number of nitro groups is 1. The number of ether oxygens (including phenoxy) is 1. The molecule has 1 spiro atoms. The number of hydrogen-bond acceptors (Lipinski definition) is 7. The molecule has 10 heteroatoms.